The Labute approximate surface area is 153 Å². The number of carbonyl (C=O) groups excluding carboxylic acids is 1. The molecule has 1 atom stereocenters. The van der Waals surface area contributed by atoms with Gasteiger partial charge in [-0.2, -0.15) is 0 Å². The number of carbonyl (C=O) groups is 1. The van der Waals surface area contributed by atoms with E-state index in [2.05, 4.69) is 15.5 Å². The van der Waals surface area contributed by atoms with Crippen molar-refractivity contribution in [1.29, 1.82) is 0 Å². The Kier molecular flexibility index (Phi) is 4.22. The number of nitrogens with one attached hydrogen (secondary N) is 1. The fourth-order valence-corrected chi connectivity index (χ4v) is 3.56. The molecule has 0 fully saturated rings. The summed E-state index contributed by atoms with van der Waals surface area (Å²) in [4.78, 5) is 12.5. The summed E-state index contributed by atoms with van der Waals surface area (Å²) in [6, 6.07) is 18.3. The summed E-state index contributed by atoms with van der Waals surface area (Å²) in [5, 5.41) is 22.0. The van der Waals surface area contributed by atoms with Crippen molar-refractivity contribution in [3.63, 3.8) is 0 Å². The van der Waals surface area contributed by atoms with Gasteiger partial charge >= 0.3 is 0 Å². The molecule has 2 N–H and O–H groups in total. The second-order valence-corrected chi connectivity index (χ2v) is 7.17. The number of amides is 1. The molecule has 7 heteroatoms. The number of benzene rings is 2. The van der Waals surface area contributed by atoms with Gasteiger partial charge < -0.3 is 10.4 Å². The van der Waals surface area contributed by atoms with E-state index in [1.165, 1.54) is 23.9 Å². The SMILES string of the molecule is CC(Sc1nnc2ccc3ccccc3n12)C(=O)Nc1ccc(O)cc1. The number of fused-ring (bicyclic) bond motifs is 3. The van der Waals surface area contributed by atoms with Gasteiger partial charge in [0.1, 0.15) is 5.75 Å². The highest BCUT2D eigenvalue weighted by Crippen LogP contribution is 2.27. The number of phenols is 1. The zero-order valence-electron chi connectivity index (χ0n) is 14.0. The number of aromatic nitrogens is 3. The molecule has 2 heterocycles. The third-order valence-corrected chi connectivity index (χ3v) is 5.08. The van der Waals surface area contributed by atoms with Crippen LogP contribution in [0.2, 0.25) is 0 Å². The number of nitrogens with zero attached hydrogens (tertiary/aromatic N) is 3. The van der Waals surface area contributed by atoms with E-state index in [0.717, 1.165) is 16.6 Å². The highest BCUT2D eigenvalue weighted by atomic mass is 32.2. The van der Waals surface area contributed by atoms with E-state index in [4.69, 9.17) is 0 Å². The quantitative estimate of drug-likeness (QED) is 0.426. The number of para-hydroxylation sites is 1. The minimum Gasteiger partial charge on any atom is -0.508 e. The van der Waals surface area contributed by atoms with Crippen LogP contribution in [0, 0.1) is 0 Å². The first kappa shape index (κ1) is 16.4. The van der Waals surface area contributed by atoms with Crippen molar-refractivity contribution in [2.45, 2.75) is 17.3 Å². The van der Waals surface area contributed by atoms with Gasteiger partial charge in [-0.05, 0) is 54.8 Å². The molecule has 130 valence electrons. The fourth-order valence-electron chi connectivity index (χ4n) is 2.69. The first-order valence-corrected chi connectivity index (χ1v) is 8.99. The summed E-state index contributed by atoms with van der Waals surface area (Å²) >= 11 is 1.35. The summed E-state index contributed by atoms with van der Waals surface area (Å²) in [6.45, 7) is 1.83. The molecule has 0 aliphatic carbocycles. The second-order valence-electron chi connectivity index (χ2n) is 5.86. The molecule has 4 aromatic rings. The maximum Gasteiger partial charge on any atom is 0.237 e. The van der Waals surface area contributed by atoms with E-state index in [1.807, 2.05) is 47.7 Å². The Hall–Kier alpha value is -3.06. The summed E-state index contributed by atoms with van der Waals surface area (Å²) < 4.78 is 1.96. The van der Waals surface area contributed by atoms with Gasteiger partial charge in [0.25, 0.3) is 0 Å². The van der Waals surface area contributed by atoms with E-state index in [0.29, 0.717) is 10.8 Å². The van der Waals surface area contributed by atoms with Crippen molar-refractivity contribution in [2.24, 2.45) is 0 Å². The van der Waals surface area contributed by atoms with E-state index in [9.17, 15) is 9.90 Å². The lowest BCUT2D eigenvalue weighted by atomic mass is 10.2. The van der Waals surface area contributed by atoms with Crippen LogP contribution in [-0.4, -0.2) is 30.9 Å². The average molecular weight is 364 g/mol. The van der Waals surface area contributed by atoms with Crippen molar-refractivity contribution < 1.29 is 9.90 Å². The van der Waals surface area contributed by atoms with Crippen molar-refractivity contribution in [3.8, 4) is 5.75 Å². The lowest BCUT2D eigenvalue weighted by molar-refractivity contribution is -0.115. The van der Waals surface area contributed by atoms with Gasteiger partial charge in [-0.1, -0.05) is 30.0 Å². The largest absolute Gasteiger partial charge is 0.508 e. The molecule has 1 unspecified atom stereocenters. The Morgan fingerprint density at radius 1 is 1.08 bits per heavy atom. The normalized spacial score (nSPS) is 12.3. The second kappa shape index (κ2) is 6.68. The van der Waals surface area contributed by atoms with E-state index in [-0.39, 0.29) is 16.9 Å². The Bertz CT molecular complexity index is 1090. The predicted octanol–water partition coefficient (Wildman–Crippen LogP) is 3.71. The van der Waals surface area contributed by atoms with Crippen LogP contribution in [0.15, 0.2) is 65.8 Å². The highest BCUT2D eigenvalue weighted by molar-refractivity contribution is 8.00. The van der Waals surface area contributed by atoms with E-state index in [1.54, 1.807) is 12.1 Å². The Balaban J connectivity index is 1.59. The van der Waals surface area contributed by atoms with Crippen molar-refractivity contribution >= 4 is 39.9 Å². The smallest absolute Gasteiger partial charge is 0.237 e. The van der Waals surface area contributed by atoms with Crippen LogP contribution >= 0.6 is 11.8 Å². The number of hydrogen-bond donors (Lipinski definition) is 2. The summed E-state index contributed by atoms with van der Waals surface area (Å²) in [5.41, 5.74) is 2.39. The lowest BCUT2D eigenvalue weighted by Gasteiger charge is -2.11. The molecule has 2 aromatic heterocycles. The molecule has 4 rings (SSSR count). The number of aromatic hydroxyl groups is 1. The first-order chi connectivity index (χ1) is 12.6. The van der Waals surface area contributed by atoms with Gasteiger partial charge in [0.05, 0.1) is 10.8 Å². The summed E-state index contributed by atoms with van der Waals surface area (Å²) in [5.74, 6) is 0.0184. The lowest BCUT2D eigenvalue weighted by Crippen LogP contribution is -2.22. The average Bonchev–Trinajstić information content (AvgIpc) is 3.07. The third-order valence-electron chi connectivity index (χ3n) is 4.03. The molecule has 0 saturated carbocycles. The fraction of sp³-hybridized carbons (Fsp3) is 0.105. The van der Waals surface area contributed by atoms with Crippen LogP contribution in [0.5, 0.6) is 5.75 Å². The monoisotopic (exact) mass is 364 g/mol. The van der Waals surface area contributed by atoms with Crippen LogP contribution in [0.25, 0.3) is 16.6 Å². The summed E-state index contributed by atoms with van der Waals surface area (Å²) in [6.07, 6.45) is 0. The summed E-state index contributed by atoms with van der Waals surface area (Å²) in [7, 11) is 0. The minimum absolute atomic E-state index is 0.141. The topological polar surface area (TPSA) is 79.5 Å². The van der Waals surface area contributed by atoms with E-state index < -0.39 is 0 Å². The predicted molar refractivity (Wildman–Crippen MR) is 103 cm³/mol. The zero-order valence-corrected chi connectivity index (χ0v) is 14.8. The molecule has 0 bridgehead atoms. The number of hydrogen-bond acceptors (Lipinski definition) is 5. The first-order valence-electron chi connectivity index (χ1n) is 8.11. The molecule has 0 aliphatic rings. The van der Waals surface area contributed by atoms with Crippen LogP contribution in [0.3, 0.4) is 0 Å². The van der Waals surface area contributed by atoms with Crippen molar-refractivity contribution in [1.82, 2.24) is 14.6 Å². The van der Waals surface area contributed by atoms with Crippen LogP contribution in [0.1, 0.15) is 6.92 Å². The van der Waals surface area contributed by atoms with E-state index >= 15 is 0 Å². The van der Waals surface area contributed by atoms with Gasteiger partial charge in [0.2, 0.25) is 5.91 Å². The standard InChI is InChI=1S/C19H16N4O2S/c1-12(18(25)20-14-7-9-15(24)10-8-14)26-19-22-21-17-11-6-13-4-2-3-5-16(13)23(17)19/h2-12,24H,1H3,(H,20,25). The van der Waals surface area contributed by atoms with Crippen molar-refractivity contribution in [2.75, 3.05) is 5.32 Å². The zero-order chi connectivity index (χ0) is 18.1. The Morgan fingerprint density at radius 2 is 1.85 bits per heavy atom. The molecule has 1 amide bonds. The van der Waals surface area contributed by atoms with Gasteiger partial charge in [0.15, 0.2) is 10.8 Å². The molecule has 0 saturated heterocycles. The molecular weight excluding hydrogens is 348 g/mol. The minimum atomic E-state index is -0.366. The van der Waals surface area contributed by atoms with Crippen LogP contribution in [0.4, 0.5) is 5.69 Å². The number of thioether (sulfide) groups is 1. The molecule has 2 aromatic carbocycles. The van der Waals surface area contributed by atoms with Crippen LogP contribution in [-0.2, 0) is 4.79 Å². The molecule has 0 aliphatic heterocycles. The van der Waals surface area contributed by atoms with Crippen LogP contribution < -0.4 is 5.32 Å². The van der Waals surface area contributed by atoms with Gasteiger partial charge in [-0.15, -0.1) is 10.2 Å². The van der Waals surface area contributed by atoms with Gasteiger partial charge in [-0.3, -0.25) is 9.20 Å². The van der Waals surface area contributed by atoms with Crippen molar-refractivity contribution in [3.05, 3.63) is 60.7 Å². The molecule has 6 nitrogen and oxygen atoms in total. The number of rotatable bonds is 4. The maximum atomic E-state index is 12.5. The molecule has 0 radical (unpaired) electrons. The molecular formula is C19H16N4O2S. The highest BCUT2D eigenvalue weighted by Gasteiger charge is 2.19. The molecule has 0 spiro atoms. The Morgan fingerprint density at radius 3 is 2.65 bits per heavy atom. The van der Waals surface area contributed by atoms with Gasteiger partial charge in [0, 0.05) is 5.69 Å². The number of phenolic OH excluding ortho intramolecular Hbond substituents is 1. The number of pyridine rings is 1. The third kappa shape index (κ3) is 3.09. The molecule has 26 heavy (non-hydrogen) atoms. The maximum absolute atomic E-state index is 12.5. The van der Waals surface area contributed by atoms with Gasteiger partial charge in [-0.25, -0.2) is 0 Å². The number of anilines is 1.